The molecule has 3 rings (SSSR count). The van der Waals surface area contributed by atoms with Gasteiger partial charge in [0.05, 0.1) is 6.61 Å². The van der Waals surface area contributed by atoms with Crippen LogP contribution in [0.3, 0.4) is 0 Å². The Morgan fingerprint density at radius 3 is 2.43 bits per heavy atom. The Labute approximate surface area is 164 Å². The summed E-state index contributed by atoms with van der Waals surface area (Å²) in [5.41, 5.74) is 2.26. The van der Waals surface area contributed by atoms with Crippen molar-refractivity contribution in [1.29, 1.82) is 0 Å². The quantitative estimate of drug-likeness (QED) is 0.759. The number of hydrogen-bond acceptors (Lipinski definition) is 5. The van der Waals surface area contributed by atoms with E-state index in [0.29, 0.717) is 26.2 Å². The maximum absolute atomic E-state index is 12.4. The summed E-state index contributed by atoms with van der Waals surface area (Å²) in [7, 11) is 0. The van der Waals surface area contributed by atoms with Gasteiger partial charge in [0.15, 0.2) is 0 Å². The number of hydrogen-bond donors (Lipinski definition) is 1. The number of nitrogens with zero attached hydrogens (tertiary/aromatic N) is 3. The molecule has 0 unspecified atom stereocenters. The second-order valence-electron chi connectivity index (χ2n) is 7.63. The Kier molecular flexibility index (Phi) is 7.56. The summed E-state index contributed by atoms with van der Waals surface area (Å²) in [4.78, 5) is 6.71. The zero-order valence-electron chi connectivity index (χ0n) is 16.3. The molecule has 0 spiro atoms. The van der Waals surface area contributed by atoms with Gasteiger partial charge < -0.3 is 9.84 Å². The van der Waals surface area contributed by atoms with Crippen LogP contribution in [0, 0.1) is 0 Å². The molecule has 1 fully saturated rings. The third-order valence-corrected chi connectivity index (χ3v) is 5.41. The molecule has 5 nitrogen and oxygen atoms in total. The molecule has 0 amide bonds. The van der Waals surface area contributed by atoms with E-state index in [1.165, 1.54) is 5.56 Å². The van der Waals surface area contributed by atoms with Gasteiger partial charge in [-0.15, -0.1) is 0 Å². The predicted molar refractivity (Wildman–Crippen MR) is 101 cm³/mol. The zero-order chi connectivity index (χ0) is 20.0. The Balaban J connectivity index is 1.54. The van der Waals surface area contributed by atoms with E-state index in [1.807, 2.05) is 6.07 Å². The standard InChI is InChI=1S/C20H30F3N3O2/c21-20(22,23)4-1-5-25-11-13-28-19-3-2-17(14-18(19)16-25)15-26-8-6-24(7-9-26)10-12-27/h2-3,14,27H,1,4-13,15-16H2. The highest BCUT2D eigenvalue weighted by Crippen LogP contribution is 2.26. The average molecular weight is 401 g/mol. The molecule has 0 bridgehead atoms. The molecular weight excluding hydrogens is 371 g/mol. The monoisotopic (exact) mass is 401 g/mol. The topological polar surface area (TPSA) is 39.2 Å². The van der Waals surface area contributed by atoms with Crippen LogP contribution in [0.1, 0.15) is 24.0 Å². The molecule has 0 aliphatic carbocycles. The van der Waals surface area contributed by atoms with Gasteiger partial charge in [0.25, 0.3) is 0 Å². The van der Waals surface area contributed by atoms with E-state index in [4.69, 9.17) is 9.84 Å². The van der Waals surface area contributed by atoms with Crippen molar-refractivity contribution >= 4 is 0 Å². The van der Waals surface area contributed by atoms with Gasteiger partial charge in [-0.05, 0) is 30.7 Å². The first-order valence-electron chi connectivity index (χ1n) is 10.0. The minimum absolute atomic E-state index is 0.122. The number of aliphatic hydroxyl groups is 1. The molecule has 8 heteroatoms. The highest BCUT2D eigenvalue weighted by Gasteiger charge is 2.27. The lowest BCUT2D eigenvalue weighted by atomic mass is 10.1. The SMILES string of the molecule is OCCN1CCN(Cc2ccc3c(c2)CN(CCCC(F)(F)F)CCO3)CC1. The number of alkyl halides is 3. The van der Waals surface area contributed by atoms with Crippen LogP contribution in [-0.2, 0) is 13.1 Å². The van der Waals surface area contributed by atoms with E-state index in [-0.39, 0.29) is 13.0 Å². The van der Waals surface area contributed by atoms with Crippen molar-refractivity contribution < 1.29 is 23.0 Å². The van der Waals surface area contributed by atoms with Crippen molar-refractivity contribution in [2.24, 2.45) is 0 Å². The summed E-state index contributed by atoms with van der Waals surface area (Å²) in [5, 5.41) is 9.04. The van der Waals surface area contributed by atoms with E-state index in [2.05, 4.69) is 26.8 Å². The molecule has 2 aliphatic rings. The first-order valence-corrected chi connectivity index (χ1v) is 10.0. The van der Waals surface area contributed by atoms with E-state index in [1.54, 1.807) is 0 Å². The van der Waals surface area contributed by atoms with Crippen molar-refractivity contribution in [3.63, 3.8) is 0 Å². The molecule has 28 heavy (non-hydrogen) atoms. The maximum atomic E-state index is 12.4. The van der Waals surface area contributed by atoms with Crippen molar-refractivity contribution in [2.75, 3.05) is 59.0 Å². The van der Waals surface area contributed by atoms with Crippen molar-refractivity contribution in [1.82, 2.24) is 14.7 Å². The number of benzene rings is 1. The van der Waals surface area contributed by atoms with Crippen LogP contribution in [-0.4, -0.2) is 85.0 Å². The third kappa shape index (κ3) is 6.62. The summed E-state index contributed by atoms with van der Waals surface area (Å²) in [6, 6.07) is 6.21. The van der Waals surface area contributed by atoms with Gasteiger partial charge in [-0.3, -0.25) is 14.7 Å². The Morgan fingerprint density at radius 1 is 0.964 bits per heavy atom. The van der Waals surface area contributed by atoms with Crippen molar-refractivity contribution in [3.05, 3.63) is 29.3 Å². The van der Waals surface area contributed by atoms with Gasteiger partial charge in [-0.2, -0.15) is 13.2 Å². The number of fused-ring (bicyclic) bond motifs is 1. The molecule has 0 radical (unpaired) electrons. The molecule has 1 aromatic rings. The zero-order valence-corrected chi connectivity index (χ0v) is 16.3. The Bertz CT molecular complexity index is 619. The van der Waals surface area contributed by atoms with Crippen LogP contribution in [0.4, 0.5) is 13.2 Å². The smallest absolute Gasteiger partial charge is 0.389 e. The molecule has 1 N–H and O–H groups in total. The van der Waals surface area contributed by atoms with Crippen LogP contribution >= 0.6 is 0 Å². The van der Waals surface area contributed by atoms with Crippen LogP contribution in [0.5, 0.6) is 5.75 Å². The van der Waals surface area contributed by atoms with Gasteiger partial charge in [0, 0.05) is 64.3 Å². The fraction of sp³-hybridized carbons (Fsp3) is 0.700. The molecular formula is C20H30F3N3O2. The summed E-state index contributed by atoms with van der Waals surface area (Å²) in [5.74, 6) is 0.842. The average Bonchev–Trinajstić information content (AvgIpc) is 2.84. The number of piperazine rings is 1. The molecule has 1 aromatic carbocycles. The fourth-order valence-corrected chi connectivity index (χ4v) is 3.86. The molecule has 0 atom stereocenters. The molecule has 158 valence electrons. The minimum Gasteiger partial charge on any atom is -0.492 e. The van der Waals surface area contributed by atoms with Gasteiger partial charge >= 0.3 is 6.18 Å². The second-order valence-corrected chi connectivity index (χ2v) is 7.63. The van der Waals surface area contributed by atoms with Crippen LogP contribution in [0.15, 0.2) is 18.2 Å². The Morgan fingerprint density at radius 2 is 1.71 bits per heavy atom. The fourth-order valence-electron chi connectivity index (χ4n) is 3.86. The maximum Gasteiger partial charge on any atom is 0.389 e. The Hall–Kier alpha value is -1.35. The minimum atomic E-state index is -4.09. The van der Waals surface area contributed by atoms with Crippen LogP contribution < -0.4 is 4.74 Å². The van der Waals surface area contributed by atoms with Crippen LogP contribution in [0.2, 0.25) is 0 Å². The van der Waals surface area contributed by atoms with Crippen molar-refractivity contribution in [3.8, 4) is 5.75 Å². The first kappa shape index (κ1) is 21.4. The lowest BCUT2D eigenvalue weighted by Crippen LogP contribution is -2.46. The number of ether oxygens (including phenoxy) is 1. The second kappa shape index (κ2) is 9.91. The lowest BCUT2D eigenvalue weighted by molar-refractivity contribution is -0.136. The van der Waals surface area contributed by atoms with E-state index in [9.17, 15) is 13.2 Å². The van der Waals surface area contributed by atoms with Gasteiger partial charge in [0.1, 0.15) is 12.4 Å². The van der Waals surface area contributed by atoms with Gasteiger partial charge in [-0.25, -0.2) is 0 Å². The van der Waals surface area contributed by atoms with Crippen molar-refractivity contribution in [2.45, 2.75) is 32.1 Å². The predicted octanol–water partition coefficient (Wildman–Crippen LogP) is 2.33. The number of aliphatic hydroxyl groups excluding tert-OH is 1. The van der Waals surface area contributed by atoms with E-state index in [0.717, 1.165) is 50.6 Å². The van der Waals surface area contributed by atoms with Gasteiger partial charge in [-0.1, -0.05) is 6.07 Å². The van der Waals surface area contributed by atoms with E-state index >= 15 is 0 Å². The highest BCUT2D eigenvalue weighted by atomic mass is 19.4. The normalized spacial score (nSPS) is 19.9. The summed E-state index contributed by atoms with van der Waals surface area (Å²) in [6.45, 7) is 7.86. The molecule has 1 saturated heterocycles. The van der Waals surface area contributed by atoms with E-state index < -0.39 is 12.6 Å². The summed E-state index contributed by atoms with van der Waals surface area (Å²) in [6.07, 6.45) is -4.70. The largest absolute Gasteiger partial charge is 0.492 e. The number of rotatable bonds is 7. The molecule has 0 saturated carbocycles. The summed E-state index contributed by atoms with van der Waals surface area (Å²) < 4.78 is 43.0. The number of β-amino-alcohol motifs (C(OH)–C–C–N with tert-alkyl or cyclic N) is 1. The molecule has 2 aliphatic heterocycles. The lowest BCUT2D eigenvalue weighted by Gasteiger charge is -2.34. The molecule has 2 heterocycles. The van der Waals surface area contributed by atoms with Crippen LogP contribution in [0.25, 0.3) is 0 Å². The third-order valence-electron chi connectivity index (χ3n) is 5.41. The highest BCUT2D eigenvalue weighted by molar-refractivity contribution is 5.38. The summed E-state index contributed by atoms with van der Waals surface area (Å²) >= 11 is 0. The first-order chi connectivity index (χ1) is 13.4. The number of halogens is 3. The molecule has 0 aromatic heterocycles. The van der Waals surface area contributed by atoms with Gasteiger partial charge in [0.2, 0.25) is 0 Å².